The predicted molar refractivity (Wildman–Crippen MR) is 108 cm³/mol. The Morgan fingerprint density at radius 3 is 2.56 bits per heavy atom. The number of amides is 2. The Balaban J connectivity index is 1.84. The standard InChI is InChI=1S/C21H20F4N4O3/c1-12-3-6-18(32-2)17(7-12)29-15(9-19(28-29)21(23,24)25)10-26-20(31)27-14-5-4-13(11-30)16(22)8-14/h3-9,30H,10-11H2,1-2H3,(H2,26,27,31). The number of halogens is 4. The van der Waals surface area contributed by atoms with Crippen LogP contribution in [-0.2, 0) is 19.3 Å². The van der Waals surface area contributed by atoms with E-state index in [4.69, 9.17) is 9.84 Å². The summed E-state index contributed by atoms with van der Waals surface area (Å²) in [7, 11) is 1.38. The molecule has 0 saturated heterocycles. The molecule has 2 amide bonds. The number of nitrogens with one attached hydrogen (secondary N) is 2. The van der Waals surface area contributed by atoms with Gasteiger partial charge in [0.1, 0.15) is 17.3 Å². The van der Waals surface area contributed by atoms with Crippen LogP contribution in [0, 0.1) is 12.7 Å². The van der Waals surface area contributed by atoms with Crippen molar-refractivity contribution >= 4 is 11.7 Å². The maximum Gasteiger partial charge on any atom is 0.435 e. The average molecular weight is 452 g/mol. The van der Waals surface area contributed by atoms with Crippen LogP contribution in [0.4, 0.5) is 28.0 Å². The molecule has 0 aliphatic carbocycles. The first-order valence-electron chi connectivity index (χ1n) is 9.37. The molecule has 0 atom stereocenters. The number of nitrogens with zero attached hydrogens (tertiary/aromatic N) is 2. The number of ether oxygens (including phenoxy) is 1. The first-order chi connectivity index (χ1) is 15.1. The predicted octanol–water partition coefficient (Wildman–Crippen LogP) is 4.16. The third-order valence-electron chi connectivity index (χ3n) is 4.55. The Hall–Kier alpha value is -3.60. The first-order valence-corrected chi connectivity index (χ1v) is 9.37. The van der Waals surface area contributed by atoms with Gasteiger partial charge in [0.05, 0.1) is 26.0 Å². The number of anilines is 1. The van der Waals surface area contributed by atoms with Crippen molar-refractivity contribution < 1.29 is 32.2 Å². The van der Waals surface area contributed by atoms with Gasteiger partial charge in [-0.1, -0.05) is 12.1 Å². The number of hydrogen-bond donors (Lipinski definition) is 3. The molecule has 32 heavy (non-hydrogen) atoms. The van der Waals surface area contributed by atoms with Gasteiger partial charge in [0, 0.05) is 11.3 Å². The van der Waals surface area contributed by atoms with E-state index in [-0.39, 0.29) is 29.2 Å². The molecule has 0 spiro atoms. The van der Waals surface area contributed by atoms with E-state index in [1.54, 1.807) is 25.1 Å². The third kappa shape index (κ3) is 5.17. The quantitative estimate of drug-likeness (QED) is 0.490. The lowest BCUT2D eigenvalue weighted by molar-refractivity contribution is -0.141. The zero-order valence-electron chi connectivity index (χ0n) is 17.1. The molecule has 0 saturated carbocycles. The molecule has 0 unspecified atom stereocenters. The lowest BCUT2D eigenvalue weighted by Crippen LogP contribution is -2.29. The maximum absolute atomic E-state index is 13.7. The van der Waals surface area contributed by atoms with E-state index in [0.29, 0.717) is 5.75 Å². The van der Waals surface area contributed by atoms with Gasteiger partial charge in [0.15, 0.2) is 5.69 Å². The van der Waals surface area contributed by atoms with Crippen LogP contribution in [0.1, 0.15) is 22.5 Å². The monoisotopic (exact) mass is 452 g/mol. The van der Waals surface area contributed by atoms with Gasteiger partial charge in [-0.25, -0.2) is 13.9 Å². The number of aryl methyl sites for hydroxylation is 1. The average Bonchev–Trinajstić information content (AvgIpc) is 3.17. The Morgan fingerprint density at radius 2 is 1.94 bits per heavy atom. The number of hydrogen-bond acceptors (Lipinski definition) is 4. The summed E-state index contributed by atoms with van der Waals surface area (Å²) in [5, 5.41) is 17.5. The summed E-state index contributed by atoms with van der Waals surface area (Å²) in [5.41, 5.74) is 0.156. The van der Waals surface area contributed by atoms with Crippen LogP contribution in [0.15, 0.2) is 42.5 Å². The summed E-state index contributed by atoms with van der Waals surface area (Å²) >= 11 is 0. The van der Waals surface area contributed by atoms with Crippen molar-refractivity contribution in [1.82, 2.24) is 15.1 Å². The van der Waals surface area contributed by atoms with E-state index in [2.05, 4.69) is 15.7 Å². The summed E-state index contributed by atoms with van der Waals surface area (Å²) in [6.07, 6.45) is -4.69. The molecule has 1 heterocycles. The van der Waals surface area contributed by atoms with Crippen molar-refractivity contribution in [3.05, 3.63) is 70.8 Å². The SMILES string of the molecule is COc1ccc(C)cc1-n1nc(C(F)(F)F)cc1CNC(=O)Nc1ccc(CO)c(F)c1. The van der Waals surface area contributed by atoms with Crippen molar-refractivity contribution in [3.8, 4) is 11.4 Å². The van der Waals surface area contributed by atoms with Crippen LogP contribution in [0.5, 0.6) is 5.75 Å². The smallest absolute Gasteiger partial charge is 0.435 e. The summed E-state index contributed by atoms with van der Waals surface area (Å²) in [6.45, 7) is 0.971. The fourth-order valence-corrected chi connectivity index (χ4v) is 2.96. The highest BCUT2D eigenvalue weighted by atomic mass is 19.4. The van der Waals surface area contributed by atoms with Crippen LogP contribution in [-0.4, -0.2) is 28.0 Å². The zero-order valence-corrected chi connectivity index (χ0v) is 17.1. The molecule has 1 aromatic heterocycles. The largest absolute Gasteiger partial charge is 0.494 e. The highest BCUT2D eigenvalue weighted by Crippen LogP contribution is 2.32. The molecule has 3 aromatic rings. The van der Waals surface area contributed by atoms with E-state index in [0.717, 1.165) is 22.4 Å². The minimum Gasteiger partial charge on any atom is -0.494 e. The normalized spacial score (nSPS) is 11.3. The number of urea groups is 1. The van der Waals surface area contributed by atoms with Crippen molar-refractivity contribution in [2.45, 2.75) is 26.3 Å². The number of benzene rings is 2. The summed E-state index contributed by atoms with van der Waals surface area (Å²) in [5.74, 6) is -0.401. The number of rotatable bonds is 6. The number of aromatic nitrogens is 2. The van der Waals surface area contributed by atoms with Gasteiger partial charge in [-0.05, 0) is 42.8 Å². The Morgan fingerprint density at radius 1 is 1.19 bits per heavy atom. The minimum absolute atomic E-state index is 0.0539. The number of aliphatic hydroxyl groups is 1. The second-order valence-corrected chi connectivity index (χ2v) is 6.88. The number of aliphatic hydroxyl groups excluding tert-OH is 1. The molecule has 7 nitrogen and oxygen atoms in total. The highest BCUT2D eigenvalue weighted by molar-refractivity contribution is 5.89. The zero-order chi connectivity index (χ0) is 23.5. The number of carbonyl (C=O) groups excluding carboxylic acids is 1. The number of carbonyl (C=O) groups is 1. The van der Waals surface area contributed by atoms with Gasteiger partial charge in [0.25, 0.3) is 0 Å². The van der Waals surface area contributed by atoms with Crippen molar-refractivity contribution in [3.63, 3.8) is 0 Å². The Kier molecular flexibility index (Phi) is 6.68. The molecule has 11 heteroatoms. The van der Waals surface area contributed by atoms with Crippen LogP contribution in [0.3, 0.4) is 0 Å². The summed E-state index contributed by atoms with van der Waals surface area (Å²) in [6, 6.07) is 8.74. The van der Waals surface area contributed by atoms with E-state index < -0.39 is 30.3 Å². The van der Waals surface area contributed by atoms with Crippen molar-refractivity contribution in [2.24, 2.45) is 0 Å². The van der Waals surface area contributed by atoms with Crippen LogP contribution in [0.2, 0.25) is 0 Å². The van der Waals surface area contributed by atoms with Gasteiger partial charge in [-0.3, -0.25) is 0 Å². The molecular formula is C21H20F4N4O3. The summed E-state index contributed by atoms with van der Waals surface area (Å²) < 4.78 is 59.9. The van der Waals surface area contributed by atoms with Crippen LogP contribution in [0.25, 0.3) is 5.69 Å². The van der Waals surface area contributed by atoms with Gasteiger partial charge in [-0.15, -0.1) is 0 Å². The number of alkyl halides is 3. The van der Waals surface area contributed by atoms with E-state index in [1.807, 2.05) is 0 Å². The Labute approximate surface area is 180 Å². The first kappa shape index (κ1) is 23.1. The molecule has 0 fully saturated rings. The Bertz CT molecular complexity index is 1130. The highest BCUT2D eigenvalue weighted by Gasteiger charge is 2.35. The molecule has 0 bridgehead atoms. The van der Waals surface area contributed by atoms with E-state index in [9.17, 15) is 22.4 Å². The number of methoxy groups -OCH3 is 1. The van der Waals surface area contributed by atoms with E-state index in [1.165, 1.54) is 19.2 Å². The molecule has 2 aromatic carbocycles. The van der Waals surface area contributed by atoms with Crippen molar-refractivity contribution in [1.29, 1.82) is 0 Å². The minimum atomic E-state index is -4.69. The molecular weight excluding hydrogens is 432 g/mol. The second kappa shape index (κ2) is 9.27. The fourth-order valence-electron chi connectivity index (χ4n) is 2.96. The molecule has 0 radical (unpaired) electrons. The third-order valence-corrected chi connectivity index (χ3v) is 4.55. The van der Waals surface area contributed by atoms with E-state index >= 15 is 0 Å². The van der Waals surface area contributed by atoms with Gasteiger partial charge in [-0.2, -0.15) is 18.3 Å². The maximum atomic E-state index is 13.7. The lowest BCUT2D eigenvalue weighted by Gasteiger charge is -2.13. The van der Waals surface area contributed by atoms with Gasteiger partial charge in [0.2, 0.25) is 0 Å². The second-order valence-electron chi connectivity index (χ2n) is 6.88. The van der Waals surface area contributed by atoms with Crippen molar-refractivity contribution in [2.75, 3.05) is 12.4 Å². The topological polar surface area (TPSA) is 88.4 Å². The van der Waals surface area contributed by atoms with Crippen LogP contribution < -0.4 is 15.4 Å². The van der Waals surface area contributed by atoms with Crippen LogP contribution >= 0.6 is 0 Å². The molecule has 0 aliphatic heterocycles. The fraction of sp³-hybridized carbons (Fsp3) is 0.238. The molecule has 3 rings (SSSR count). The molecule has 170 valence electrons. The molecule has 3 N–H and O–H groups in total. The van der Waals surface area contributed by atoms with Gasteiger partial charge < -0.3 is 20.5 Å². The lowest BCUT2D eigenvalue weighted by atomic mass is 10.2. The molecule has 0 aliphatic rings. The summed E-state index contributed by atoms with van der Waals surface area (Å²) in [4.78, 5) is 12.2. The van der Waals surface area contributed by atoms with Gasteiger partial charge >= 0.3 is 12.2 Å².